The number of halogens is 1. The zero-order valence-electron chi connectivity index (χ0n) is 16.2. The molecule has 0 unspecified atom stereocenters. The SMILES string of the molecule is CC(C)(C)[S@](=O)N[C@](CCC1CC1)(c1ccc(F)c(N)c1)c1ccccn1. The molecule has 0 amide bonds. The Labute approximate surface area is 163 Å². The van der Waals surface area contributed by atoms with Gasteiger partial charge in [-0.25, -0.2) is 13.3 Å². The fourth-order valence-electron chi connectivity index (χ4n) is 3.15. The molecule has 6 heteroatoms. The number of hydrogen-bond donors (Lipinski definition) is 2. The van der Waals surface area contributed by atoms with Crippen molar-refractivity contribution >= 4 is 16.7 Å². The highest BCUT2D eigenvalue weighted by Gasteiger charge is 2.41. The summed E-state index contributed by atoms with van der Waals surface area (Å²) in [6.07, 6.45) is 5.90. The van der Waals surface area contributed by atoms with E-state index in [1.807, 2.05) is 39.0 Å². The zero-order chi connectivity index (χ0) is 19.7. The minimum absolute atomic E-state index is 0.0857. The Morgan fingerprint density at radius 2 is 2.00 bits per heavy atom. The van der Waals surface area contributed by atoms with Gasteiger partial charge in [-0.2, -0.15) is 0 Å². The lowest BCUT2D eigenvalue weighted by Gasteiger charge is -2.37. The Morgan fingerprint density at radius 3 is 2.56 bits per heavy atom. The van der Waals surface area contributed by atoms with Crippen molar-refractivity contribution in [1.82, 2.24) is 9.71 Å². The summed E-state index contributed by atoms with van der Waals surface area (Å²) < 4.78 is 29.9. The summed E-state index contributed by atoms with van der Waals surface area (Å²) in [6.45, 7) is 5.79. The summed E-state index contributed by atoms with van der Waals surface area (Å²) in [4.78, 5) is 4.58. The summed E-state index contributed by atoms with van der Waals surface area (Å²) in [5, 5.41) is 0. The van der Waals surface area contributed by atoms with Crippen LogP contribution >= 0.6 is 0 Å². The zero-order valence-corrected chi connectivity index (χ0v) is 17.0. The number of rotatable bonds is 7. The second-order valence-corrected chi connectivity index (χ2v) is 10.3. The van der Waals surface area contributed by atoms with E-state index in [0.717, 1.165) is 24.1 Å². The van der Waals surface area contributed by atoms with E-state index >= 15 is 0 Å². The standard InChI is InChI=1S/C21H28FN3OS/c1-20(2,3)27(26)25-21(12-11-15-7-8-15,19-6-4-5-13-24-19)16-9-10-17(22)18(23)14-16/h4-6,9-10,13-15,25H,7-8,11-12,23H2,1-3H3/t21-,27+/m1/s1. The number of nitrogen functional groups attached to an aromatic ring is 1. The first-order valence-corrected chi connectivity index (χ1v) is 10.5. The van der Waals surface area contributed by atoms with Crippen LogP contribution in [0.4, 0.5) is 10.1 Å². The maximum atomic E-state index is 13.8. The van der Waals surface area contributed by atoms with Crippen LogP contribution in [0.1, 0.15) is 57.7 Å². The smallest absolute Gasteiger partial charge is 0.146 e. The largest absolute Gasteiger partial charge is 0.396 e. The average Bonchev–Trinajstić information content (AvgIpc) is 3.45. The minimum atomic E-state index is -1.34. The first kappa shape index (κ1) is 20.0. The van der Waals surface area contributed by atoms with E-state index in [0.29, 0.717) is 5.92 Å². The van der Waals surface area contributed by atoms with Crippen molar-refractivity contribution in [3.63, 3.8) is 0 Å². The molecule has 0 radical (unpaired) electrons. The van der Waals surface area contributed by atoms with Crippen molar-refractivity contribution in [2.75, 3.05) is 5.73 Å². The number of aromatic nitrogens is 1. The molecule has 3 N–H and O–H groups in total. The third-order valence-corrected chi connectivity index (χ3v) is 6.68. The normalized spacial score (nSPS) is 18.1. The predicted molar refractivity (Wildman–Crippen MR) is 109 cm³/mol. The number of nitrogens with zero attached hydrogens (tertiary/aromatic N) is 1. The van der Waals surface area contributed by atoms with E-state index in [1.165, 1.54) is 18.9 Å². The van der Waals surface area contributed by atoms with Crippen LogP contribution in [0.3, 0.4) is 0 Å². The van der Waals surface area contributed by atoms with Gasteiger partial charge in [0.15, 0.2) is 0 Å². The molecule has 0 aliphatic heterocycles. The number of benzene rings is 1. The van der Waals surface area contributed by atoms with Crippen molar-refractivity contribution in [2.24, 2.45) is 5.92 Å². The van der Waals surface area contributed by atoms with E-state index in [9.17, 15) is 8.60 Å². The van der Waals surface area contributed by atoms with Crippen molar-refractivity contribution in [2.45, 2.75) is 56.7 Å². The molecule has 4 nitrogen and oxygen atoms in total. The molecule has 0 saturated heterocycles. The van der Waals surface area contributed by atoms with Gasteiger partial charge in [-0.15, -0.1) is 0 Å². The van der Waals surface area contributed by atoms with E-state index in [2.05, 4.69) is 9.71 Å². The number of nitrogens with two attached hydrogens (primary N) is 1. The molecular weight excluding hydrogens is 361 g/mol. The van der Waals surface area contributed by atoms with Crippen LogP contribution in [0.5, 0.6) is 0 Å². The molecule has 146 valence electrons. The Kier molecular flexibility index (Phi) is 5.68. The second-order valence-electron chi connectivity index (χ2n) is 8.32. The predicted octanol–water partition coefficient (Wildman–Crippen LogP) is 4.29. The Hall–Kier alpha value is -1.79. The molecule has 1 aromatic carbocycles. The highest BCUT2D eigenvalue weighted by Crippen LogP contribution is 2.41. The Bertz CT molecular complexity index is 818. The van der Waals surface area contributed by atoms with Crippen LogP contribution in [0.2, 0.25) is 0 Å². The molecular formula is C21H28FN3OS. The number of anilines is 1. The molecule has 27 heavy (non-hydrogen) atoms. The average molecular weight is 390 g/mol. The lowest BCUT2D eigenvalue weighted by molar-refractivity contribution is 0.405. The molecule has 0 spiro atoms. The molecule has 1 aliphatic rings. The molecule has 1 fully saturated rings. The van der Waals surface area contributed by atoms with Crippen molar-refractivity contribution in [3.05, 3.63) is 59.7 Å². The summed E-state index contributed by atoms with van der Waals surface area (Å²) in [6, 6.07) is 10.4. The van der Waals surface area contributed by atoms with Crippen LogP contribution in [0, 0.1) is 11.7 Å². The van der Waals surface area contributed by atoms with Gasteiger partial charge in [0.1, 0.15) is 5.82 Å². The molecule has 2 atom stereocenters. The second kappa shape index (κ2) is 7.68. The molecule has 0 bridgehead atoms. The van der Waals surface area contributed by atoms with Gasteiger partial charge in [-0.1, -0.05) is 25.0 Å². The fraction of sp³-hybridized carbons (Fsp3) is 0.476. The topological polar surface area (TPSA) is 68.0 Å². The molecule has 1 aliphatic carbocycles. The Morgan fingerprint density at radius 1 is 1.26 bits per heavy atom. The third kappa shape index (κ3) is 4.55. The lowest BCUT2D eigenvalue weighted by atomic mass is 9.82. The number of pyridine rings is 1. The lowest BCUT2D eigenvalue weighted by Crippen LogP contribution is -2.49. The molecule has 1 heterocycles. The van der Waals surface area contributed by atoms with Gasteiger partial charge in [0, 0.05) is 6.20 Å². The van der Waals surface area contributed by atoms with Gasteiger partial charge in [-0.3, -0.25) is 4.98 Å². The molecule has 3 rings (SSSR count). The van der Waals surface area contributed by atoms with Gasteiger partial charge < -0.3 is 5.73 Å². The minimum Gasteiger partial charge on any atom is -0.396 e. The number of hydrogen-bond acceptors (Lipinski definition) is 3. The highest BCUT2D eigenvalue weighted by atomic mass is 32.2. The molecule has 1 saturated carbocycles. The maximum absolute atomic E-state index is 13.8. The fourth-order valence-corrected chi connectivity index (χ4v) is 4.09. The quantitative estimate of drug-likeness (QED) is 0.694. The number of nitrogens with one attached hydrogen (secondary N) is 1. The van der Waals surface area contributed by atoms with E-state index in [-0.39, 0.29) is 5.69 Å². The summed E-state index contributed by atoms with van der Waals surface area (Å²) in [5.41, 5.74) is 6.74. The van der Waals surface area contributed by atoms with Crippen LogP contribution in [-0.2, 0) is 16.5 Å². The van der Waals surface area contributed by atoms with Crippen LogP contribution < -0.4 is 10.5 Å². The van der Waals surface area contributed by atoms with E-state index in [1.54, 1.807) is 18.3 Å². The van der Waals surface area contributed by atoms with Gasteiger partial charge >= 0.3 is 0 Å². The first-order valence-electron chi connectivity index (χ1n) is 9.39. The van der Waals surface area contributed by atoms with Gasteiger partial charge in [0.2, 0.25) is 0 Å². The summed E-state index contributed by atoms with van der Waals surface area (Å²) in [5.74, 6) is 0.239. The van der Waals surface area contributed by atoms with Crippen molar-refractivity contribution in [1.29, 1.82) is 0 Å². The van der Waals surface area contributed by atoms with E-state index < -0.39 is 27.1 Å². The summed E-state index contributed by atoms with van der Waals surface area (Å²) >= 11 is 0. The maximum Gasteiger partial charge on any atom is 0.146 e. The van der Waals surface area contributed by atoms with Gasteiger partial charge in [0.25, 0.3) is 0 Å². The van der Waals surface area contributed by atoms with Gasteiger partial charge in [0.05, 0.1) is 32.7 Å². The van der Waals surface area contributed by atoms with Crippen molar-refractivity contribution in [3.8, 4) is 0 Å². The Balaban J connectivity index is 2.13. The van der Waals surface area contributed by atoms with Crippen molar-refractivity contribution < 1.29 is 8.60 Å². The third-order valence-electron chi connectivity index (χ3n) is 5.04. The first-order chi connectivity index (χ1) is 12.7. The van der Waals surface area contributed by atoms with Gasteiger partial charge in [-0.05, 0) is 69.4 Å². The molecule has 2 aromatic rings. The molecule has 1 aromatic heterocycles. The van der Waals surface area contributed by atoms with E-state index in [4.69, 9.17) is 5.73 Å². The monoisotopic (exact) mass is 389 g/mol. The summed E-state index contributed by atoms with van der Waals surface area (Å²) in [7, 11) is -1.34. The van der Waals surface area contributed by atoms with Crippen LogP contribution in [0.25, 0.3) is 0 Å². The highest BCUT2D eigenvalue weighted by molar-refractivity contribution is 7.84. The van der Waals surface area contributed by atoms with Crippen LogP contribution in [0.15, 0.2) is 42.6 Å². The van der Waals surface area contributed by atoms with Crippen LogP contribution in [-0.4, -0.2) is 13.9 Å².